The Morgan fingerprint density at radius 1 is 1.45 bits per heavy atom. The molecule has 1 unspecified atom stereocenters. The van der Waals surface area contributed by atoms with Crippen LogP contribution in [0.25, 0.3) is 0 Å². The molecular weight excluding hydrogens is 300 g/mol. The molecule has 0 amide bonds. The van der Waals surface area contributed by atoms with E-state index in [1.165, 1.54) is 24.8 Å². The van der Waals surface area contributed by atoms with Crippen molar-refractivity contribution in [1.29, 1.82) is 0 Å². The van der Waals surface area contributed by atoms with Gasteiger partial charge in [0.2, 0.25) is 0 Å². The maximum absolute atomic E-state index is 11.2. The van der Waals surface area contributed by atoms with Gasteiger partial charge in [-0.2, -0.15) is 4.40 Å². The van der Waals surface area contributed by atoms with Crippen LogP contribution in [-0.4, -0.2) is 43.2 Å². The average molecular weight is 322 g/mol. The molecule has 1 atom stereocenters. The number of sulfonamides is 1. The minimum atomic E-state index is -3.36. The van der Waals surface area contributed by atoms with Gasteiger partial charge in [0.05, 0.1) is 11.8 Å². The molecule has 0 aliphatic heterocycles. The van der Waals surface area contributed by atoms with E-state index in [0.717, 1.165) is 30.9 Å². The van der Waals surface area contributed by atoms with Gasteiger partial charge in [0.25, 0.3) is 10.0 Å². The van der Waals surface area contributed by atoms with Gasteiger partial charge in [-0.15, -0.1) is 0 Å². The Labute approximate surface area is 124 Å². The number of nitrogens with one attached hydrogen (secondary N) is 1. The molecule has 6 nitrogen and oxygen atoms in total. The Morgan fingerprint density at radius 3 is 2.65 bits per heavy atom. The summed E-state index contributed by atoms with van der Waals surface area (Å²) in [5, 5.41) is 12.1. The highest BCUT2D eigenvalue weighted by atomic mass is 32.2. The van der Waals surface area contributed by atoms with Crippen LogP contribution in [-0.2, 0) is 14.8 Å². The van der Waals surface area contributed by atoms with Crippen LogP contribution in [0.5, 0.6) is 0 Å². The second kappa shape index (κ2) is 8.63. The fourth-order valence-electron chi connectivity index (χ4n) is 2.32. The van der Waals surface area contributed by atoms with Crippen molar-refractivity contribution in [1.82, 2.24) is 5.32 Å². The maximum Gasteiger partial charge on any atom is 0.320 e. The van der Waals surface area contributed by atoms with Crippen molar-refractivity contribution < 1.29 is 18.3 Å². The first-order chi connectivity index (χ1) is 9.38. The fourth-order valence-corrected chi connectivity index (χ4v) is 3.56. The monoisotopic (exact) mass is 322 g/mol. The molecule has 0 radical (unpaired) electrons. The first-order valence-electron chi connectivity index (χ1n) is 6.70. The predicted octanol–water partition coefficient (Wildman–Crippen LogP) is 1.68. The fraction of sp³-hybridized carbons (Fsp3) is 0.833. The Morgan fingerprint density at radius 2 is 2.10 bits per heavy atom. The Kier molecular flexibility index (Phi) is 7.53. The van der Waals surface area contributed by atoms with Crippen molar-refractivity contribution in [2.24, 2.45) is 10.3 Å². The smallest absolute Gasteiger partial charge is 0.320 e. The summed E-state index contributed by atoms with van der Waals surface area (Å²) in [6.45, 7) is 0. The largest absolute Gasteiger partial charge is 0.480 e. The Balaban J connectivity index is 2.32. The summed E-state index contributed by atoms with van der Waals surface area (Å²) in [5.41, 5.74) is 1.22. The van der Waals surface area contributed by atoms with Gasteiger partial charge in [-0.1, -0.05) is 43.9 Å². The molecule has 1 saturated carbocycles. The van der Waals surface area contributed by atoms with Crippen LogP contribution in [0.3, 0.4) is 0 Å². The normalized spacial score (nSPS) is 19.2. The third-order valence-corrected chi connectivity index (χ3v) is 4.52. The summed E-state index contributed by atoms with van der Waals surface area (Å²) in [7, 11) is -3.36. The van der Waals surface area contributed by atoms with Crippen molar-refractivity contribution in [3.05, 3.63) is 0 Å². The van der Waals surface area contributed by atoms with Crippen molar-refractivity contribution in [3.63, 3.8) is 0 Å². The molecular formula is C12H22N2O4S2. The van der Waals surface area contributed by atoms with Gasteiger partial charge < -0.3 is 5.11 Å². The van der Waals surface area contributed by atoms with Crippen LogP contribution in [0, 0.1) is 5.92 Å². The average Bonchev–Trinajstić information content (AvgIpc) is 2.36. The van der Waals surface area contributed by atoms with Gasteiger partial charge in [0, 0.05) is 5.88 Å². The molecule has 2 N–H and O–H groups in total. The third kappa shape index (κ3) is 7.86. The van der Waals surface area contributed by atoms with E-state index in [1.54, 1.807) is 0 Å². The van der Waals surface area contributed by atoms with E-state index in [-0.39, 0.29) is 0 Å². The molecule has 0 aromatic rings. The second-order valence-corrected chi connectivity index (χ2v) is 7.60. The van der Waals surface area contributed by atoms with Gasteiger partial charge in [0.15, 0.2) is 0 Å². The number of carboxylic acid groups (broad SMARTS) is 1. The van der Waals surface area contributed by atoms with Crippen LogP contribution < -0.4 is 5.32 Å². The van der Waals surface area contributed by atoms with Crippen LogP contribution >= 0.6 is 11.8 Å². The molecule has 1 aliphatic carbocycles. The number of nitrogens with zero attached hydrogens (tertiary/aromatic N) is 1. The summed E-state index contributed by atoms with van der Waals surface area (Å²) in [5.74, 6) is -0.0360. The molecule has 116 valence electrons. The van der Waals surface area contributed by atoms with Gasteiger partial charge in [0.1, 0.15) is 6.04 Å². The highest BCUT2D eigenvalue weighted by molar-refractivity contribution is 8.12. The number of carboxylic acids is 1. The number of carbonyl (C=O) groups is 1. The lowest BCUT2D eigenvalue weighted by atomic mass is 9.85. The van der Waals surface area contributed by atoms with Crippen LogP contribution in [0.2, 0.25) is 0 Å². The zero-order valence-electron chi connectivity index (χ0n) is 11.6. The second-order valence-electron chi connectivity index (χ2n) is 5.09. The van der Waals surface area contributed by atoms with Gasteiger partial charge in [-0.3, -0.25) is 10.1 Å². The lowest BCUT2D eigenvalue weighted by Crippen LogP contribution is -2.38. The molecule has 0 spiro atoms. The standard InChI is InChI=1S/C12H22N2O4S2/c1-20(17,18)14-9-19-8-13-11(12(15)16)7-10-5-3-2-4-6-10/h9-11,13H,2-8H2,1H3,(H,15,16)/b14-9+. The van der Waals surface area contributed by atoms with Crippen molar-refractivity contribution in [2.45, 2.75) is 44.6 Å². The van der Waals surface area contributed by atoms with Gasteiger partial charge in [-0.25, -0.2) is 8.42 Å². The van der Waals surface area contributed by atoms with Crippen molar-refractivity contribution in [3.8, 4) is 0 Å². The summed E-state index contributed by atoms with van der Waals surface area (Å²) in [6, 6.07) is -0.572. The number of thioether (sulfide) groups is 1. The minimum absolute atomic E-state index is 0.336. The van der Waals surface area contributed by atoms with E-state index < -0.39 is 22.0 Å². The van der Waals surface area contributed by atoms with Gasteiger partial charge in [-0.05, 0) is 12.3 Å². The molecule has 0 bridgehead atoms. The highest BCUT2D eigenvalue weighted by Crippen LogP contribution is 2.27. The maximum atomic E-state index is 11.2. The quantitative estimate of drug-likeness (QED) is 0.305. The van der Waals surface area contributed by atoms with Crippen molar-refractivity contribution >= 4 is 33.3 Å². The molecule has 1 fully saturated rings. The summed E-state index contributed by atoms with van der Waals surface area (Å²) in [4.78, 5) is 11.2. The molecule has 1 aliphatic rings. The summed E-state index contributed by atoms with van der Waals surface area (Å²) >= 11 is 1.14. The van der Waals surface area contributed by atoms with Crippen LogP contribution in [0.1, 0.15) is 38.5 Å². The van der Waals surface area contributed by atoms with Gasteiger partial charge >= 0.3 is 5.97 Å². The number of aliphatic carboxylic acids is 1. The van der Waals surface area contributed by atoms with Crippen LogP contribution in [0.15, 0.2) is 4.40 Å². The minimum Gasteiger partial charge on any atom is -0.480 e. The lowest BCUT2D eigenvalue weighted by molar-refractivity contribution is -0.139. The first kappa shape index (κ1) is 17.5. The zero-order valence-corrected chi connectivity index (χ0v) is 13.3. The Bertz CT molecular complexity index is 431. The molecule has 0 heterocycles. The van der Waals surface area contributed by atoms with E-state index >= 15 is 0 Å². The van der Waals surface area contributed by atoms with E-state index in [1.807, 2.05) is 0 Å². The number of hydrogen-bond donors (Lipinski definition) is 2. The number of rotatable bonds is 8. The molecule has 20 heavy (non-hydrogen) atoms. The molecule has 1 rings (SSSR count). The topological polar surface area (TPSA) is 95.8 Å². The Hall–Kier alpha value is -0.600. The van der Waals surface area contributed by atoms with E-state index in [2.05, 4.69) is 9.71 Å². The zero-order chi connectivity index (χ0) is 15.0. The third-order valence-electron chi connectivity index (χ3n) is 3.31. The number of hydrogen-bond acceptors (Lipinski definition) is 5. The van der Waals surface area contributed by atoms with E-state index in [0.29, 0.717) is 18.2 Å². The predicted molar refractivity (Wildman–Crippen MR) is 81.5 cm³/mol. The molecule has 8 heteroatoms. The van der Waals surface area contributed by atoms with E-state index in [9.17, 15) is 18.3 Å². The first-order valence-corrected chi connectivity index (χ1v) is 9.60. The molecule has 0 saturated heterocycles. The van der Waals surface area contributed by atoms with Crippen molar-refractivity contribution in [2.75, 3.05) is 12.1 Å². The SMILES string of the molecule is CS(=O)(=O)/N=C/SCNC(CC1CCCCC1)C(=O)O. The van der Waals surface area contributed by atoms with E-state index in [4.69, 9.17) is 0 Å². The van der Waals surface area contributed by atoms with Crippen LogP contribution in [0.4, 0.5) is 0 Å². The highest BCUT2D eigenvalue weighted by Gasteiger charge is 2.23. The lowest BCUT2D eigenvalue weighted by Gasteiger charge is -2.24. The summed E-state index contributed by atoms with van der Waals surface area (Å²) < 4.78 is 24.9. The molecule has 0 aromatic heterocycles. The molecule has 0 aromatic carbocycles. The summed E-state index contributed by atoms with van der Waals surface area (Å²) in [6.07, 6.45) is 7.49.